The van der Waals surface area contributed by atoms with E-state index >= 15 is 0 Å². The molecule has 0 heteroatoms. The van der Waals surface area contributed by atoms with E-state index in [-0.39, 0.29) is 0 Å². The third-order valence-electron chi connectivity index (χ3n) is 7.21. The maximum Gasteiger partial charge on any atom is -0.0292 e. The van der Waals surface area contributed by atoms with Gasteiger partial charge in [0.2, 0.25) is 0 Å². The lowest BCUT2D eigenvalue weighted by molar-refractivity contribution is -0.0145. The smallest absolute Gasteiger partial charge is 0.0292 e. The number of rotatable bonds is 2. The van der Waals surface area contributed by atoms with Gasteiger partial charge in [-0.25, -0.2) is 0 Å². The third-order valence-corrected chi connectivity index (χ3v) is 7.21. The van der Waals surface area contributed by atoms with Gasteiger partial charge < -0.3 is 0 Å². The SMILES string of the molecule is CCC1(CC)CCC2(CC1)CC1CCCC(C1)C2. The largest absolute Gasteiger partial charge is 0.0649 e. The molecule has 2 bridgehead atoms. The van der Waals surface area contributed by atoms with Gasteiger partial charge in [-0.2, -0.15) is 0 Å². The molecule has 3 rings (SSSR count). The number of hydrogen-bond acceptors (Lipinski definition) is 0. The van der Waals surface area contributed by atoms with Gasteiger partial charge in [0.1, 0.15) is 0 Å². The lowest BCUT2D eigenvalue weighted by Crippen LogP contribution is -2.41. The first-order valence-corrected chi connectivity index (χ1v) is 8.69. The normalized spacial score (nSPS) is 37.7. The molecule has 0 nitrogen and oxygen atoms in total. The van der Waals surface area contributed by atoms with Crippen LogP contribution in [0, 0.1) is 22.7 Å². The lowest BCUT2D eigenvalue weighted by atomic mass is 9.52. The minimum Gasteiger partial charge on any atom is -0.0649 e. The van der Waals surface area contributed by atoms with Crippen LogP contribution in [0.1, 0.15) is 90.9 Å². The summed E-state index contributed by atoms with van der Waals surface area (Å²) >= 11 is 0. The van der Waals surface area contributed by atoms with Crippen LogP contribution in [-0.4, -0.2) is 0 Å². The van der Waals surface area contributed by atoms with Gasteiger partial charge in [-0.15, -0.1) is 0 Å². The lowest BCUT2D eigenvalue weighted by Gasteiger charge is -2.53. The summed E-state index contributed by atoms with van der Waals surface area (Å²) in [5, 5.41) is 0. The second-order valence-corrected chi connectivity index (χ2v) is 8.01. The van der Waals surface area contributed by atoms with Crippen LogP contribution in [0.5, 0.6) is 0 Å². The molecule has 3 aliphatic carbocycles. The van der Waals surface area contributed by atoms with Crippen LogP contribution in [0.15, 0.2) is 0 Å². The molecule has 1 spiro atoms. The summed E-state index contributed by atoms with van der Waals surface area (Å²) < 4.78 is 0. The summed E-state index contributed by atoms with van der Waals surface area (Å²) in [7, 11) is 0. The molecule has 3 saturated carbocycles. The van der Waals surface area contributed by atoms with Gasteiger partial charge >= 0.3 is 0 Å². The van der Waals surface area contributed by atoms with E-state index in [0.29, 0.717) is 0 Å². The van der Waals surface area contributed by atoms with Crippen molar-refractivity contribution in [3.05, 3.63) is 0 Å². The molecule has 3 aliphatic rings. The fraction of sp³-hybridized carbons (Fsp3) is 1.00. The minimum atomic E-state index is 0.734. The molecular formula is C18H32. The van der Waals surface area contributed by atoms with Crippen molar-refractivity contribution in [2.75, 3.05) is 0 Å². The molecule has 2 atom stereocenters. The molecule has 0 aromatic heterocycles. The van der Waals surface area contributed by atoms with Crippen molar-refractivity contribution in [2.45, 2.75) is 90.9 Å². The first-order valence-electron chi connectivity index (χ1n) is 8.69. The Balaban J connectivity index is 1.67. The van der Waals surface area contributed by atoms with Crippen LogP contribution >= 0.6 is 0 Å². The first kappa shape index (κ1) is 13.0. The van der Waals surface area contributed by atoms with E-state index in [1.54, 1.807) is 64.2 Å². The van der Waals surface area contributed by atoms with Crippen LogP contribution in [0.2, 0.25) is 0 Å². The van der Waals surface area contributed by atoms with Gasteiger partial charge in [0, 0.05) is 0 Å². The molecule has 0 radical (unpaired) electrons. The molecule has 0 aromatic carbocycles. The van der Waals surface area contributed by atoms with Crippen molar-refractivity contribution in [1.82, 2.24) is 0 Å². The molecule has 0 aliphatic heterocycles. The topological polar surface area (TPSA) is 0 Å². The Morgan fingerprint density at radius 2 is 1.39 bits per heavy atom. The van der Waals surface area contributed by atoms with Crippen molar-refractivity contribution < 1.29 is 0 Å². The van der Waals surface area contributed by atoms with Gasteiger partial charge in [-0.1, -0.05) is 46.0 Å². The maximum atomic E-state index is 2.43. The van der Waals surface area contributed by atoms with E-state index < -0.39 is 0 Å². The summed E-state index contributed by atoms with van der Waals surface area (Å²) in [4.78, 5) is 0. The van der Waals surface area contributed by atoms with Crippen LogP contribution in [0.25, 0.3) is 0 Å². The summed E-state index contributed by atoms with van der Waals surface area (Å²) in [6, 6.07) is 0. The quantitative estimate of drug-likeness (QED) is 0.566. The van der Waals surface area contributed by atoms with Gasteiger partial charge in [-0.3, -0.25) is 0 Å². The maximum absolute atomic E-state index is 2.43. The van der Waals surface area contributed by atoms with Gasteiger partial charge in [0.25, 0.3) is 0 Å². The van der Waals surface area contributed by atoms with Crippen molar-refractivity contribution >= 4 is 0 Å². The Bertz CT molecular complexity index is 262. The van der Waals surface area contributed by atoms with Gasteiger partial charge in [-0.05, 0) is 67.6 Å². The summed E-state index contributed by atoms with van der Waals surface area (Å²) in [5.74, 6) is 2.24. The first-order chi connectivity index (χ1) is 8.69. The number of hydrogen-bond donors (Lipinski definition) is 0. The highest BCUT2D eigenvalue weighted by Crippen LogP contribution is 2.58. The highest BCUT2D eigenvalue weighted by atomic mass is 14.5. The monoisotopic (exact) mass is 248 g/mol. The predicted octanol–water partition coefficient (Wildman–Crippen LogP) is 5.95. The van der Waals surface area contributed by atoms with E-state index in [1.807, 2.05) is 0 Å². The van der Waals surface area contributed by atoms with E-state index in [9.17, 15) is 0 Å². The molecule has 104 valence electrons. The van der Waals surface area contributed by atoms with Crippen molar-refractivity contribution in [3.8, 4) is 0 Å². The van der Waals surface area contributed by atoms with Gasteiger partial charge in [0.05, 0.1) is 0 Å². The summed E-state index contributed by atoms with van der Waals surface area (Å²) in [6.45, 7) is 4.86. The number of fused-ring (bicyclic) bond motifs is 2. The fourth-order valence-electron chi connectivity index (χ4n) is 5.76. The molecule has 0 saturated heterocycles. The minimum absolute atomic E-state index is 0.734. The Kier molecular flexibility index (Phi) is 3.49. The average Bonchev–Trinajstić information content (AvgIpc) is 2.40. The van der Waals surface area contributed by atoms with Crippen LogP contribution in [0.4, 0.5) is 0 Å². The Morgan fingerprint density at radius 1 is 0.833 bits per heavy atom. The fourth-order valence-corrected chi connectivity index (χ4v) is 5.76. The Morgan fingerprint density at radius 3 is 1.89 bits per heavy atom. The molecule has 0 amide bonds. The molecule has 0 N–H and O–H groups in total. The zero-order valence-electron chi connectivity index (χ0n) is 12.6. The predicted molar refractivity (Wildman–Crippen MR) is 78.6 cm³/mol. The Hall–Kier alpha value is 0. The highest BCUT2D eigenvalue weighted by molar-refractivity contribution is 4.97. The molecule has 18 heavy (non-hydrogen) atoms. The van der Waals surface area contributed by atoms with Crippen LogP contribution < -0.4 is 0 Å². The van der Waals surface area contributed by atoms with E-state index in [2.05, 4.69) is 13.8 Å². The summed E-state index contributed by atoms with van der Waals surface area (Å²) in [6.07, 6.45) is 18.5. The summed E-state index contributed by atoms with van der Waals surface area (Å²) in [5.41, 5.74) is 1.54. The van der Waals surface area contributed by atoms with Crippen LogP contribution in [-0.2, 0) is 0 Å². The van der Waals surface area contributed by atoms with Crippen molar-refractivity contribution in [3.63, 3.8) is 0 Å². The van der Waals surface area contributed by atoms with E-state index in [4.69, 9.17) is 0 Å². The molecule has 3 fully saturated rings. The van der Waals surface area contributed by atoms with E-state index in [1.165, 1.54) is 12.8 Å². The van der Waals surface area contributed by atoms with Crippen LogP contribution in [0.3, 0.4) is 0 Å². The zero-order valence-corrected chi connectivity index (χ0v) is 12.6. The standard InChI is InChI=1S/C18H32/c1-3-17(4-2)8-10-18(11-9-17)13-15-6-5-7-16(12-15)14-18/h15-16H,3-14H2,1-2H3. The van der Waals surface area contributed by atoms with Gasteiger partial charge in [0.15, 0.2) is 0 Å². The molecule has 2 unspecified atom stereocenters. The molecule has 0 heterocycles. The molecular weight excluding hydrogens is 216 g/mol. The molecule has 0 aromatic rings. The van der Waals surface area contributed by atoms with Crippen molar-refractivity contribution in [2.24, 2.45) is 22.7 Å². The highest BCUT2D eigenvalue weighted by Gasteiger charge is 2.46. The second-order valence-electron chi connectivity index (χ2n) is 8.01. The van der Waals surface area contributed by atoms with E-state index in [0.717, 1.165) is 22.7 Å². The van der Waals surface area contributed by atoms with Crippen molar-refractivity contribution in [1.29, 1.82) is 0 Å². The third kappa shape index (κ3) is 2.25. The second kappa shape index (κ2) is 4.84. The Labute approximate surface area is 114 Å². The zero-order chi connectivity index (χ0) is 12.6. The average molecular weight is 248 g/mol.